The van der Waals surface area contributed by atoms with Gasteiger partial charge >= 0.3 is 5.69 Å². The van der Waals surface area contributed by atoms with E-state index >= 15 is 0 Å². The van der Waals surface area contributed by atoms with Crippen molar-refractivity contribution in [1.29, 1.82) is 0 Å². The molecular formula is C19H17N7O3. The van der Waals surface area contributed by atoms with E-state index in [4.69, 9.17) is 0 Å². The monoisotopic (exact) mass is 391 g/mol. The first kappa shape index (κ1) is 18.3. The topological polar surface area (TPSA) is 128 Å². The Bertz CT molecular complexity index is 1270. The average molecular weight is 391 g/mol. The molecule has 0 aliphatic heterocycles. The third kappa shape index (κ3) is 3.81. The zero-order chi connectivity index (χ0) is 20.2. The smallest absolute Gasteiger partial charge is 0.354 e. The summed E-state index contributed by atoms with van der Waals surface area (Å²) in [6.45, 7) is 0.380. The standard InChI is InChI=1S/C19H17N7O3/c27-17(12-16-14-8-4-5-9-15(14)18(28)22-21-16)20-10-11-25-19(29)26(24-23-25)13-6-2-1-3-7-13/h1-9H,10-12H2,(H,20,27)(H,22,28). The van der Waals surface area contributed by atoms with Crippen LogP contribution < -0.4 is 16.6 Å². The van der Waals surface area contributed by atoms with Gasteiger partial charge in [-0.2, -0.15) is 14.5 Å². The highest BCUT2D eigenvalue weighted by Gasteiger charge is 2.12. The van der Waals surface area contributed by atoms with Gasteiger partial charge in [-0.05, 0) is 28.6 Å². The molecule has 0 aliphatic carbocycles. The molecule has 2 heterocycles. The number of rotatable bonds is 6. The normalized spacial score (nSPS) is 10.9. The van der Waals surface area contributed by atoms with Crippen molar-refractivity contribution < 1.29 is 4.79 Å². The minimum absolute atomic E-state index is 0.00287. The number of fused-ring (bicyclic) bond motifs is 1. The van der Waals surface area contributed by atoms with Crippen molar-refractivity contribution in [3.63, 3.8) is 0 Å². The highest BCUT2D eigenvalue weighted by Crippen LogP contribution is 2.12. The van der Waals surface area contributed by atoms with Crippen molar-refractivity contribution in [2.75, 3.05) is 6.54 Å². The molecular weight excluding hydrogens is 374 g/mol. The van der Waals surface area contributed by atoms with Crippen molar-refractivity contribution in [2.24, 2.45) is 0 Å². The number of para-hydroxylation sites is 1. The largest absolute Gasteiger partial charge is 0.368 e. The quantitative estimate of drug-likeness (QED) is 0.477. The van der Waals surface area contributed by atoms with E-state index in [0.717, 1.165) is 0 Å². The maximum Gasteiger partial charge on any atom is 0.368 e. The van der Waals surface area contributed by atoms with Crippen LogP contribution in [0.2, 0.25) is 0 Å². The first-order valence-electron chi connectivity index (χ1n) is 8.95. The van der Waals surface area contributed by atoms with Crippen molar-refractivity contribution in [1.82, 2.24) is 35.3 Å². The molecule has 4 rings (SSSR count). The van der Waals surface area contributed by atoms with Gasteiger partial charge in [-0.1, -0.05) is 36.4 Å². The van der Waals surface area contributed by atoms with Gasteiger partial charge in [0.2, 0.25) is 5.91 Å². The van der Waals surface area contributed by atoms with E-state index in [-0.39, 0.29) is 31.0 Å². The summed E-state index contributed by atoms with van der Waals surface area (Å²) in [5.74, 6) is -0.279. The third-order valence-corrected chi connectivity index (χ3v) is 4.39. The van der Waals surface area contributed by atoms with E-state index in [0.29, 0.717) is 22.2 Å². The molecule has 0 atom stereocenters. The van der Waals surface area contributed by atoms with E-state index in [1.165, 1.54) is 9.36 Å². The SMILES string of the molecule is O=C(Cc1n[nH]c(=O)c2ccccc12)NCCn1nnn(-c2ccccc2)c1=O. The van der Waals surface area contributed by atoms with Crippen LogP contribution in [0, 0.1) is 0 Å². The minimum atomic E-state index is -0.390. The first-order valence-corrected chi connectivity index (χ1v) is 8.95. The maximum absolute atomic E-state index is 12.4. The fraction of sp³-hybridized carbons (Fsp3) is 0.158. The summed E-state index contributed by atoms with van der Waals surface area (Å²) < 4.78 is 2.37. The predicted molar refractivity (Wildman–Crippen MR) is 105 cm³/mol. The second kappa shape index (κ2) is 7.89. The molecule has 2 aromatic heterocycles. The summed E-state index contributed by atoms with van der Waals surface area (Å²) in [5, 5.41) is 17.9. The van der Waals surface area contributed by atoms with E-state index < -0.39 is 5.69 Å². The molecule has 0 spiro atoms. The Morgan fingerprint density at radius 2 is 1.69 bits per heavy atom. The Balaban J connectivity index is 1.39. The average Bonchev–Trinajstić information content (AvgIpc) is 3.11. The van der Waals surface area contributed by atoms with Crippen molar-refractivity contribution in [3.05, 3.63) is 81.1 Å². The fourth-order valence-corrected chi connectivity index (χ4v) is 2.97. The number of nitrogens with one attached hydrogen (secondary N) is 2. The van der Waals surface area contributed by atoms with Crippen LogP contribution >= 0.6 is 0 Å². The molecule has 0 radical (unpaired) electrons. The zero-order valence-electron chi connectivity index (χ0n) is 15.3. The number of amides is 1. The van der Waals surface area contributed by atoms with Gasteiger partial charge in [-0.15, -0.1) is 0 Å². The number of carbonyl (C=O) groups is 1. The molecule has 10 nitrogen and oxygen atoms in total. The Morgan fingerprint density at radius 1 is 0.966 bits per heavy atom. The van der Waals surface area contributed by atoms with Gasteiger partial charge in [0.25, 0.3) is 5.56 Å². The van der Waals surface area contributed by atoms with Crippen LogP contribution in [0.25, 0.3) is 16.5 Å². The zero-order valence-corrected chi connectivity index (χ0v) is 15.3. The van der Waals surface area contributed by atoms with Gasteiger partial charge in [0.05, 0.1) is 29.7 Å². The van der Waals surface area contributed by atoms with Gasteiger partial charge in [0, 0.05) is 11.9 Å². The van der Waals surface area contributed by atoms with Crippen LogP contribution in [0.3, 0.4) is 0 Å². The number of hydrogen-bond donors (Lipinski definition) is 2. The first-order chi connectivity index (χ1) is 14.1. The molecule has 0 saturated carbocycles. The summed E-state index contributed by atoms with van der Waals surface area (Å²) in [5.41, 5.74) is 0.401. The van der Waals surface area contributed by atoms with Gasteiger partial charge < -0.3 is 5.32 Å². The number of carbonyl (C=O) groups excluding carboxylic acids is 1. The van der Waals surface area contributed by atoms with Gasteiger partial charge in [-0.25, -0.2) is 9.89 Å². The second-order valence-corrected chi connectivity index (χ2v) is 6.30. The maximum atomic E-state index is 12.4. The van der Waals surface area contributed by atoms with Crippen LogP contribution in [0.4, 0.5) is 0 Å². The molecule has 146 valence electrons. The van der Waals surface area contributed by atoms with E-state index in [2.05, 4.69) is 25.9 Å². The summed E-state index contributed by atoms with van der Waals surface area (Å²) in [4.78, 5) is 36.4. The third-order valence-electron chi connectivity index (χ3n) is 4.39. The van der Waals surface area contributed by atoms with Gasteiger partial charge in [-0.3, -0.25) is 9.59 Å². The predicted octanol–water partition coefficient (Wildman–Crippen LogP) is 0.0244. The minimum Gasteiger partial charge on any atom is -0.354 e. The van der Waals surface area contributed by atoms with Crippen LogP contribution in [0.1, 0.15) is 5.69 Å². The Hall–Kier alpha value is -4.08. The van der Waals surface area contributed by atoms with Crippen molar-refractivity contribution >= 4 is 16.7 Å². The number of H-pyrrole nitrogens is 1. The molecule has 2 N–H and O–H groups in total. The molecule has 0 fully saturated rings. The van der Waals surface area contributed by atoms with E-state index in [9.17, 15) is 14.4 Å². The molecule has 0 bridgehead atoms. The lowest BCUT2D eigenvalue weighted by Crippen LogP contribution is -2.33. The molecule has 0 aliphatic rings. The molecule has 0 unspecified atom stereocenters. The van der Waals surface area contributed by atoms with Gasteiger partial charge in [0.1, 0.15) is 0 Å². The Kier molecular flexibility index (Phi) is 4.97. The highest BCUT2D eigenvalue weighted by atomic mass is 16.2. The Labute approximate surface area is 163 Å². The van der Waals surface area contributed by atoms with Crippen molar-refractivity contribution in [3.8, 4) is 5.69 Å². The number of hydrogen-bond acceptors (Lipinski definition) is 6. The lowest BCUT2D eigenvalue weighted by Gasteiger charge is -2.06. The molecule has 10 heteroatoms. The number of tetrazole rings is 1. The summed E-state index contributed by atoms with van der Waals surface area (Å²) >= 11 is 0. The number of aromatic nitrogens is 6. The molecule has 29 heavy (non-hydrogen) atoms. The molecule has 0 saturated heterocycles. The summed E-state index contributed by atoms with van der Waals surface area (Å²) in [7, 11) is 0. The molecule has 4 aromatic rings. The number of aromatic amines is 1. The van der Waals surface area contributed by atoms with Crippen LogP contribution in [-0.2, 0) is 17.8 Å². The highest BCUT2D eigenvalue weighted by molar-refractivity contribution is 5.88. The van der Waals surface area contributed by atoms with Crippen LogP contribution in [0.5, 0.6) is 0 Å². The molecule has 1 amide bonds. The van der Waals surface area contributed by atoms with E-state index in [1.807, 2.05) is 6.07 Å². The second-order valence-electron chi connectivity index (χ2n) is 6.30. The molecule has 2 aromatic carbocycles. The number of benzene rings is 2. The fourth-order valence-electron chi connectivity index (χ4n) is 2.97. The Morgan fingerprint density at radius 3 is 2.48 bits per heavy atom. The van der Waals surface area contributed by atoms with Crippen LogP contribution in [0.15, 0.2) is 64.2 Å². The van der Waals surface area contributed by atoms with E-state index in [1.54, 1.807) is 48.5 Å². The van der Waals surface area contributed by atoms with Crippen LogP contribution in [-0.4, -0.2) is 42.4 Å². The lowest BCUT2D eigenvalue weighted by atomic mass is 10.1. The van der Waals surface area contributed by atoms with Gasteiger partial charge in [0.15, 0.2) is 0 Å². The summed E-state index contributed by atoms with van der Waals surface area (Å²) in [6, 6.07) is 15.9. The summed E-state index contributed by atoms with van der Waals surface area (Å²) in [6.07, 6.45) is 0.00287. The van der Waals surface area contributed by atoms with Crippen molar-refractivity contribution in [2.45, 2.75) is 13.0 Å². The number of nitrogens with zero attached hydrogens (tertiary/aromatic N) is 5. The lowest BCUT2D eigenvalue weighted by molar-refractivity contribution is -0.120.